The molecule has 1 saturated carbocycles. The van der Waals surface area contributed by atoms with Crippen molar-refractivity contribution in [1.29, 1.82) is 0 Å². The van der Waals surface area contributed by atoms with Crippen LogP contribution < -0.4 is 20.3 Å². The van der Waals surface area contributed by atoms with Crippen LogP contribution in [0.5, 0.6) is 11.5 Å². The van der Waals surface area contributed by atoms with Crippen LogP contribution in [0, 0.1) is 18.7 Å². The highest BCUT2D eigenvalue weighted by molar-refractivity contribution is 6.32. The van der Waals surface area contributed by atoms with Crippen molar-refractivity contribution >= 4 is 35.3 Å². The molecule has 12 nitrogen and oxygen atoms in total. The third kappa shape index (κ3) is 7.34. The van der Waals surface area contributed by atoms with Crippen LogP contribution >= 0.6 is 11.6 Å². The van der Waals surface area contributed by atoms with Gasteiger partial charge in [0, 0.05) is 43.0 Å². The fraction of sp³-hybridized carbons (Fsp3) is 0.400. The molecule has 7 rings (SSSR count). The van der Waals surface area contributed by atoms with Gasteiger partial charge in [-0.3, -0.25) is 9.59 Å². The monoisotopic (exact) mass is 759 g/mol. The molecule has 0 saturated heterocycles. The van der Waals surface area contributed by atoms with Crippen molar-refractivity contribution in [2.45, 2.75) is 78.2 Å². The lowest BCUT2D eigenvalue weighted by Gasteiger charge is -2.26. The first-order valence-corrected chi connectivity index (χ1v) is 18.5. The molecule has 2 N–H and O–H groups in total. The summed E-state index contributed by atoms with van der Waals surface area (Å²) in [5.74, 6) is -0.923. The van der Waals surface area contributed by atoms with Crippen molar-refractivity contribution in [2.24, 2.45) is 13.0 Å². The number of fused-ring (bicyclic) bond motifs is 2. The number of rotatable bonds is 11. The first-order chi connectivity index (χ1) is 25.9. The standard InChI is InChI=1S/C40H43ClFN5O7/c1-21(2)52-40(50)47-17-16-31-30(20-47)44-37(46(31)4)38(48)45-29-11-7-8-24(22(29)3)25-9-6-10-27-26(25)14-15-32(27)53-34-18-33(51-5)28(36(42)35(34)41)19-43-54-39(49)23-12-13-23/h6-11,18,21,23,32,43H,12-17,19-20H2,1-5H3,(H,45,48). The molecule has 1 fully saturated rings. The van der Waals surface area contributed by atoms with E-state index in [2.05, 4.69) is 15.8 Å². The number of hydrogen-bond donors (Lipinski definition) is 2. The molecule has 3 aromatic carbocycles. The van der Waals surface area contributed by atoms with Gasteiger partial charge in [-0.15, -0.1) is 5.48 Å². The van der Waals surface area contributed by atoms with Crippen molar-refractivity contribution < 1.29 is 37.8 Å². The summed E-state index contributed by atoms with van der Waals surface area (Å²) in [5.41, 5.74) is 9.78. The summed E-state index contributed by atoms with van der Waals surface area (Å²) in [4.78, 5) is 49.4. The van der Waals surface area contributed by atoms with Gasteiger partial charge in [0.1, 0.15) is 22.6 Å². The molecule has 4 aromatic rings. The number of halogens is 2. The Morgan fingerprint density at radius 3 is 2.56 bits per heavy atom. The second-order valence-corrected chi connectivity index (χ2v) is 14.5. The molecule has 284 valence electrons. The quantitative estimate of drug-likeness (QED) is 0.150. The van der Waals surface area contributed by atoms with E-state index in [0.717, 1.165) is 46.4 Å². The zero-order valence-corrected chi connectivity index (χ0v) is 31.6. The Balaban J connectivity index is 1.07. The number of ether oxygens (including phenoxy) is 3. The molecule has 0 spiro atoms. The Hall–Kier alpha value is -5.14. The smallest absolute Gasteiger partial charge is 0.410 e. The molecule has 2 aliphatic carbocycles. The van der Waals surface area contributed by atoms with Crippen LogP contribution in [0.2, 0.25) is 5.02 Å². The van der Waals surface area contributed by atoms with Crippen LogP contribution in [0.1, 0.15) is 83.5 Å². The summed E-state index contributed by atoms with van der Waals surface area (Å²) >= 11 is 6.51. The van der Waals surface area contributed by atoms with E-state index in [4.69, 9.17) is 30.6 Å². The summed E-state index contributed by atoms with van der Waals surface area (Å²) in [5, 5.41) is 2.88. The lowest BCUT2D eigenvalue weighted by Crippen LogP contribution is -2.37. The minimum absolute atomic E-state index is 0.103. The second-order valence-electron chi connectivity index (χ2n) is 14.1. The first-order valence-electron chi connectivity index (χ1n) is 18.1. The maximum atomic E-state index is 15.6. The van der Waals surface area contributed by atoms with Gasteiger partial charge in [0.05, 0.1) is 37.9 Å². The van der Waals surface area contributed by atoms with Crippen LogP contribution in [0.15, 0.2) is 42.5 Å². The van der Waals surface area contributed by atoms with E-state index in [9.17, 15) is 14.4 Å². The van der Waals surface area contributed by atoms with Gasteiger partial charge in [-0.2, -0.15) is 0 Å². The molecule has 1 atom stereocenters. The van der Waals surface area contributed by atoms with Gasteiger partial charge in [-0.05, 0) is 80.3 Å². The Morgan fingerprint density at radius 2 is 1.81 bits per heavy atom. The maximum absolute atomic E-state index is 15.6. The predicted molar refractivity (Wildman–Crippen MR) is 199 cm³/mol. The second kappa shape index (κ2) is 15.3. The number of hydroxylamine groups is 1. The molecular formula is C40H43ClFN5O7. The summed E-state index contributed by atoms with van der Waals surface area (Å²) in [6.45, 7) is 6.21. The van der Waals surface area contributed by atoms with E-state index in [-0.39, 0.29) is 64.9 Å². The van der Waals surface area contributed by atoms with Crippen LogP contribution in [0.4, 0.5) is 14.9 Å². The van der Waals surface area contributed by atoms with Crippen LogP contribution in [-0.4, -0.2) is 52.2 Å². The molecule has 54 heavy (non-hydrogen) atoms. The van der Waals surface area contributed by atoms with E-state index in [0.29, 0.717) is 37.2 Å². The number of anilines is 1. The predicted octanol–water partition coefficient (Wildman–Crippen LogP) is 7.38. The number of benzene rings is 3. The van der Waals surface area contributed by atoms with Crippen LogP contribution in [0.25, 0.3) is 11.1 Å². The fourth-order valence-electron chi connectivity index (χ4n) is 7.18. The number of hydrogen-bond acceptors (Lipinski definition) is 9. The van der Waals surface area contributed by atoms with Gasteiger partial charge in [-0.1, -0.05) is 41.9 Å². The number of methoxy groups -OCH3 is 1. The first kappa shape index (κ1) is 37.2. The van der Waals surface area contributed by atoms with Crippen molar-refractivity contribution in [3.8, 4) is 22.6 Å². The SMILES string of the molecule is COc1cc(OC2CCc3c(-c4cccc(NC(=O)c5nc6c(n5C)CCN(C(=O)OC(C)C)C6)c4C)cccc32)c(Cl)c(F)c1CNOC(=O)C1CC1. The third-order valence-electron chi connectivity index (χ3n) is 10.2. The average molecular weight is 760 g/mol. The molecule has 3 aliphatic rings. The molecule has 1 unspecified atom stereocenters. The Bertz CT molecular complexity index is 2130. The summed E-state index contributed by atoms with van der Waals surface area (Å²) in [6.07, 6.45) is 2.48. The normalized spacial score (nSPS) is 16.1. The largest absolute Gasteiger partial charge is 0.496 e. The number of aromatic nitrogens is 2. The van der Waals surface area contributed by atoms with E-state index in [1.807, 2.05) is 64.2 Å². The van der Waals surface area contributed by atoms with E-state index in [1.54, 1.807) is 15.5 Å². The van der Waals surface area contributed by atoms with Crippen molar-refractivity contribution in [3.05, 3.63) is 92.8 Å². The number of carbonyl (C=O) groups excluding carboxylic acids is 3. The Kier molecular flexibility index (Phi) is 10.5. The maximum Gasteiger partial charge on any atom is 0.410 e. The average Bonchev–Trinajstić information content (AvgIpc) is 3.85. The van der Waals surface area contributed by atoms with Crippen LogP contribution in [0.3, 0.4) is 0 Å². The third-order valence-corrected chi connectivity index (χ3v) is 10.5. The van der Waals surface area contributed by atoms with Crippen molar-refractivity contribution in [1.82, 2.24) is 19.9 Å². The molecule has 0 radical (unpaired) electrons. The molecule has 1 aromatic heterocycles. The van der Waals surface area contributed by atoms with Gasteiger partial charge in [-0.25, -0.2) is 14.2 Å². The van der Waals surface area contributed by atoms with Gasteiger partial charge < -0.3 is 33.8 Å². The topological polar surface area (TPSA) is 133 Å². The number of nitrogens with one attached hydrogen (secondary N) is 2. The number of nitrogens with zero attached hydrogens (tertiary/aromatic N) is 3. The highest BCUT2D eigenvalue weighted by Crippen LogP contribution is 2.44. The summed E-state index contributed by atoms with van der Waals surface area (Å²) in [7, 11) is 3.24. The molecule has 14 heteroatoms. The summed E-state index contributed by atoms with van der Waals surface area (Å²) < 4.78 is 34.6. The molecule has 0 bridgehead atoms. The van der Waals surface area contributed by atoms with Gasteiger partial charge in [0.25, 0.3) is 5.91 Å². The summed E-state index contributed by atoms with van der Waals surface area (Å²) in [6, 6.07) is 13.3. The Labute approximate surface area is 317 Å². The van der Waals surface area contributed by atoms with Gasteiger partial charge in [0.15, 0.2) is 11.6 Å². The Morgan fingerprint density at radius 1 is 1.06 bits per heavy atom. The minimum Gasteiger partial charge on any atom is -0.496 e. The molecule has 2 heterocycles. The molecule has 2 amide bonds. The number of amides is 2. The highest BCUT2D eigenvalue weighted by atomic mass is 35.5. The van der Waals surface area contributed by atoms with E-state index in [1.165, 1.54) is 7.11 Å². The number of carbonyl (C=O) groups is 3. The van der Waals surface area contributed by atoms with Crippen molar-refractivity contribution in [3.63, 3.8) is 0 Å². The van der Waals surface area contributed by atoms with Gasteiger partial charge in [0.2, 0.25) is 0 Å². The van der Waals surface area contributed by atoms with E-state index < -0.39 is 18.0 Å². The minimum atomic E-state index is -0.721. The zero-order valence-electron chi connectivity index (χ0n) is 30.9. The van der Waals surface area contributed by atoms with E-state index >= 15 is 4.39 Å². The highest BCUT2D eigenvalue weighted by Gasteiger charge is 2.33. The van der Waals surface area contributed by atoms with Crippen LogP contribution in [-0.2, 0) is 47.3 Å². The fourth-order valence-corrected chi connectivity index (χ4v) is 7.39. The number of imidazole rings is 1. The van der Waals surface area contributed by atoms with Crippen molar-refractivity contribution in [2.75, 3.05) is 19.0 Å². The lowest BCUT2D eigenvalue weighted by molar-refractivity contribution is -0.153. The zero-order chi connectivity index (χ0) is 38.3. The lowest BCUT2D eigenvalue weighted by atomic mass is 9.93. The van der Waals surface area contributed by atoms with Gasteiger partial charge >= 0.3 is 12.1 Å². The molecule has 1 aliphatic heterocycles. The molecular weight excluding hydrogens is 717 g/mol.